The van der Waals surface area contributed by atoms with Crippen molar-refractivity contribution in [2.45, 2.75) is 111 Å². The molecule has 0 aliphatic rings. The number of unbranched alkanes of at least 4 members (excludes halogenated alkanes) is 4. The molecule has 0 unspecified atom stereocenters. The predicted octanol–water partition coefficient (Wildman–Crippen LogP) is 6.57. The van der Waals surface area contributed by atoms with Crippen LogP contribution in [0, 0.1) is 19.3 Å². The number of carbonyl (C=O) groups is 2. The molecule has 0 aliphatic heterocycles. The third-order valence-electron chi connectivity index (χ3n) is 6.21. The minimum absolute atomic E-state index is 0.367. The molecule has 0 heterocycles. The molecule has 1 rings (SSSR count). The maximum atomic E-state index is 11.2. The number of ether oxygens (including phenoxy) is 1. The molecule has 0 fully saturated rings. The van der Waals surface area contributed by atoms with Gasteiger partial charge in [0, 0.05) is 0 Å². The Morgan fingerprint density at radius 3 is 1.83 bits per heavy atom. The molecule has 1 aromatic carbocycles. The van der Waals surface area contributed by atoms with E-state index in [9.17, 15) is 14.7 Å². The summed E-state index contributed by atoms with van der Waals surface area (Å²) >= 11 is 0. The highest BCUT2D eigenvalue weighted by Gasteiger charge is 2.25. The lowest BCUT2D eigenvalue weighted by atomic mass is 9.86. The van der Waals surface area contributed by atoms with Gasteiger partial charge in [0.2, 0.25) is 0 Å². The second-order valence-corrected chi connectivity index (χ2v) is 9.99. The lowest BCUT2D eigenvalue weighted by Crippen LogP contribution is -2.23. The van der Waals surface area contributed by atoms with E-state index in [-0.39, 0.29) is 5.60 Å². The van der Waals surface area contributed by atoms with Crippen LogP contribution in [-0.4, -0.2) is 23.1 Å². The van der Waals surface area contributed by atoms with E-state index in [4.69, 9.17) is 4.74 Å². The van der Waals surface area contributed by atoms with Crippen LogP contribution in [-0.2, 0) is 27.2 Å². The Morgan fingerprint density at radius 1 is 0.867 bits per heavy atom. The highest BCUT2D eigenvalue weighted by atomic mass is 16.5. The van der Waals surface area contributed by atoms with E-state index in [0.29, 0.717) is 6.47 Å². The average molecular weight is 419 g/mol. The summed E-state index contributed by atoms with van der Waals surface area (Å²) in [5.74, 6) is -0.707. The molecule has 0 saturated carbocycles. The maximum absolute atomic E-state index is 11.2. The number of aryl methyl sites for hydroxylation is 4. The summed E-state index contributed by atoms with van der Waals surface area (Å²) in [4.78, 5) is 21.7. The van der Waals surface area contributed by atoms with Crippen molar-refractivity contribution >= 4 is 12.4 Å². The topological polar surface area (TPSA) is 63.6 Å². The zero-order valence-electron chi connectivity index (χ0n) is 20.0. The third kappa shape index (κ3) is 9.32. The Bertz CT molecular complexity index is 689. The summed E-state index contributed by atoms with van der Waals surface area (Å²) in [5.41, 5.74) is 4.59. The van der Waals surface area contributed by atoms with Gasteiger partial charge >= 0.3 is 5.97 Å². The van der Waals surface area contributed by atoms with Gasteiger partial charge in [0.05, 0.1) is 5.41 Å². The van der Waals surface area contributed by atoms with Crippen molar-refractivity contribution in [3.63, 3.8) is 0 Å². The average Bonchev–Trinajstić information content (AvgIpc) is 2.63. The quantitative estimate of drug-likeness (QED) is 0.258. The normalized spacial score (nSPS) is 12.1. The minimum Gasteiger partial charge on any atom is -0.481 e. The predicted molar refractivity (Wildman–Crippen MR) is 123 cm³/mol. The Kier molecular flexibility index (Phi) is 10.6. The Labute approximate surface area is 183 Å². The van der Waals surface area contributed by atoms with Gasteiger partial charge in [-0.2, -0.15) is 0 Å². The van der Waals surface area contributed by atoms with Crippen molar-refractivity contribution in [1.82, 2.24) is 0 Å². The van der Waals surface area contributed by atoms with Crippen LogP contribution in [0.5, 0.6) is 0 Å². The van der Waals surface area contributed by atoms with Gasteiger partial charge < -0.3 is 9.84 Å². The molecule has 0 spiro atoms. The number of rotatable bonds is 15. The number of carboxylic acids is 1. The summed E-state index contributed by atoms with van der Waals surface area (Å²) in [6, 6.07) is 4.69. The van der Waals surface area contributed by atoms with Gasteiger partial charge in [-0.05, 0) is 109 Å². The molecule has 4 heteroatoms. The van der Waals surface area contributed by atoms with Crippen molar-refractivity contribution in [2.75, 3.05) is 0 Å². The lowest BCUT2D eigenvalue weighted by Gasteiger charge is -2.22. The number of hydrogen-bond acceptors (Lipinski definition) is 3. The number of hydrogen-bond donors (Lipinski definition) is 1. The fourth-order valence-corrected chi connectivity index (χ4v) is 3.89. The number of carboxylic acid groups (broad SMARTS) is 1. The number of carbonyl (C=O) groups excluding carboxylic acids is 1. The lowest BCUT2D eigenvalue weighted by molar-refractivity contribution is -0.147. The molecule has 0 saturated heterocycles. The molecule has 0 bridgehead atoms. The SMILES string of the molecule is Cc1cc(C)c(CCCCCC(C)(C)C(=O)O)cc1CCCCCC(C)(C)OC=O. The van der Waals surface area contributed by atoms with Crippen molar-refractivity contribution < 1.29 is 19.4 Å². The number of benzene rings is 1. The Balaban J connectivity index is 2.46. The molecule has 0 radical (unpaired) electrons. The smallest absolute Gasteiger partial charge is 0.309 e. The fraction of sp³-hybridized carbons (Fsp3) is 0.692. The van der Waals surface area contributed by atoms with Crippen LogP contribution in [0.1, 0.15) is 101 Å². The largest absolute Gasteiger partial charge is 0.481 e. The van der Waals surface area contributed by atoms with E-state index in [1.54, 1.807) is 0 Å². The van der Waals surface area contributed by atoms with Crippen molar-refractivity contribution in [1.29, 1.82) is 0 Å². The van der Waals surface area contributed by atoms with Crippen LogP contribution in [0.25, 0.3) is 0 Å². The second kappa shape index (κ2) is 12.1. The molecule has 4 nitrogen and oxygen atoms in total. The van der Waals surface area contributed by atoms with Crippen LogP contribution >= 0.6 is 0 Å². The summed E-state index contributed by atoms with van der Waals surface area (Å²) in [6.45, 7) is 12.5. The van der Waals surface area contributed by atoms with Gasteiger partial charge in [0.25, 0.3) is 6.47 Å². The first-order valence-electron chi connectivity index (χ1n) is 11.4. The van der Waals surface area contributed by atoms with Crippen LogP contribution < -0.4 is 0 Å². The molecule has 1 N–H and O–H groups in total. The fourth-order valence-electron chi connectivity index (χ4n) is 3.89. The van der Waals surface area contributed by atoms with E-state index in [0.717, 1.165) is 64.2 Å². The van der Waals surface area contributed by atoms with Gasteiger partial charge in [-0.3, -0.25) is 9.59 Å². The first-order valence-corrected chi connectivity index (χ1v) is 11.4. The zero-order chi connectivity index (χ0) is 22.8. The van der Waals surface area contributed by atoms with E-state index in [1.165, 1.54) is 22.3 Å². The molecular formula is C26H42O4. The third-order valence-corrected chi connectivity index (χ3v) is 6.21. The maximum Gasteiger partial charge on any atom is 0.309 e. The van der Waals surface area contributed by atoms with Crippen molar-refractivity contribution in [3.05, 3.63) is 34.4 Å². The Hall–Kier alpha value is -1.84. The highest BCUT2D eigenvalue weighted by Crippen LogP contribution is 2.25. The first-order chi connectivity index (χ1) is 14.0. The summed E-state index contributed by atoms with van der Waals surface area (Å²) < 4.78 is 5.12. The van der Waals surface area contributed by atoms with Crippen LogP contribution in [0.4, 0.5) is 0 Å². The molecule has 30 heavy (non-hydrogen) atoms. The van der Waals surface area contributed by atoms with Gasteiger partial charge in [-0.25, -0.2) is 0 Å². The summed E-state index contributed by atoms with van der Waals surface area (Å²) in [6.07, 6.45) is 10.2. The Morgan fingerprint density at radius 2 is 1.37 bits per heavy atom. The van der Waals surface area contributed by atoms with E-state index < -0.39 is 11.4 Å². The van der Waals surface area contributed by atoms with E-state index in [2.05, 4.69) is 26.0 Å². The standard InChI is InChI=1S/C26H42O4/c1-20-17-21(2)23(14-10-8-12-16-26(5,6)30-19-27)18-22(20)13-9-7-11-15-25(3,4)24(28)29/h17-19H,7-16H2,1-6H3,(H,28,29). The van der Waals surface area contributed by atoms with Gasteiger partial charge in [-0.15, -0.1) is 0 Å². The molecule has 170 valence electrons. The minimum atomic E-state index is -0.707. The highest BCUT2D eigenvalue weighted by molar-refractivity contribution is 5.73. The molecular weight excluding hydrogens is 376 g/mol. The number of aliphatic carboxylic acids is 1. The summed E-state index contributed by atoms with van der Waals surface area (Å²) in [5, 5.41) is 9.22. The van der Waals surface area contributed by atoms with Crippen molar-refractivity contribution in [3.8, 4) is 0 Å². The monoisotopic (exact) mass is 418 g/mol. The van der Waals surface area contributed by atoms with Crippen LogP contribution in [0.15, 0.2) is 12.1 Å². The van der Waals surface area contributed by atoms with Crippen molar-refractivity contribution in [2.24, 2.45) is 5.41 Å². The molecule has 0 aromatic heterocycles. The molecule has 1 aromatic rings. The van der Waals surface area contributed by atoms with Crippen LogP contribution in [0.3, 0.4) is 0 Å². The van der Waals surface area contributed by atoms with Gasteiger partial charge in [0.15, 0.2) is 0 Å². The van der Waals surface area contributed by atoms with E-state index in [1.807, 2.05) is 27.7 Å². The van der Waals surface area contributed by atoms with Gasteiger partial charge in [-0.1, -0.05) is 31.4 Å². The zero-order valence-corrected chi connectivity index (χ0v) is 20.0. The molecule has 0 atom stereocenters. The second-order valence-electron chi connectivity index (χ2n) is 9.99. The van der Waals surface area contributed by atoms with Gasteiger partial charge in [0.1, 0.15) is 5.60 Å². The first kappa shape index (κ1) is 26.2. The van der Waals surface area contributed by atoms with Crippen LogP contribution in [0.2, 0.25) is 0 Å². The van der Waals surface area contributed by atoms with E-state index >= 15 is 0 Å². The molecule has 0 amide bonds. The molecule has 0 aliphatic carbocycles. The summed E-state index contributed by atoms with van der Waals surface area (Å²) in [7, 11) is 0.